The van der Waals surface area contributed by atoms with Crippen LogP contribution < -0.4 is 4.72 Å². The summed E-state index contributed by atoms with van der Waals surface area (Å²) in [5.41, 5.74) is 0.222. The molecule has 1 N–H and O–H groups in total. The number of hydrogen-bond donors (Lipinski definition) is 1. The number of nitrogens with one attached hydrogen (secondary N) is 1. The minimum absolute atomic E-state index is 0.0772. The Hall–Kier alpha value is -1.44. The van der Waals surface area contributed by atoms with E-state index in [9.17, 15) is 13.2 Å². The minimum atomic E-state index is -3.65. The number of benzene rings is 1. The second-order valence-corrected chi connectivity index (χ2v) is 7.59. The predicted octanol–water partition coefficient (Wildman–Crippen LogP) is 1.63. The van der Waals surface area contributed by atoms with Crippen LogP contribution in [0.5, 0.6) is 0 Å². The lowest BCUT2D eigenvalue weighted by Gasteiger charge is -2.19. The molecule has 0 saturated carbocycles. The van der Waals surface area contributed by atoms with Crippen molar-refractivity contribution in [2.45, 2.75) is 37.1 Å². The first kappa shape index (κ1) is 17.9. The second-order valence-electron chi connectivity index (χ2n) is 5.88. The van der Waals surface area contributed by atoms with Gasteiger partial charge in [-0.05, 0) is 64.0 Å². The van der Waals surface area contributed by atoms with E-state index in [0.29, 0.717) is 0 Å². The Bertz CT molecular complexity index is 639. The fourth-order valence-corrected chi connectivity index (χ4v) is 4.01. The smallest absolute Gasteiger partial charge is 0.337 e. The van der Waals surface area contributed by atoms with Gasteiger partial charge in [0.05, 0.1) is 17.6 Å². The summed E-state index contributed by atoms with van der Waals surface area (Å²) in [4.78, 5) is 13.9. The van der Waals surface area contributed by atoms with E-state index in [1.54, 1.807) is 0 Å². The molecule has 1 heterocycles. The van der Waals surface area contributed by atoms with Gasteiger partial charge in [-0.2, -0.15) is 0 Å². The molecule has 0 aromatic heterocycles. The molecule has 1 unspecified atom stereocenters. The monoisotopic (exact) mass is 340 g/mol. The topological polar surface area (TPSA) is 75.7 Å². The Balaban J connectivity index is 1.98. The maximum atomic E-state index is 12.4. The largest absolute Gasteiger partial charge is 0.465 e. The Morgan fingerprint density at radius 2 is 2.04 bits per heavy atom. The van der Waals surface area contributed by atoms with E-state index in [1.807, 2.05) is 6.92 Å². The number of methoxy groups -OCH3 is 1. The number of likely N-dealkylation sites (tertiary alicyclic amines) is 1. The Labute approximate surface area is 137 Å². The lowest BCUT2D eigenvalue weighted by Crippen LogP contribution is -2.35. The molecule has 1 aromatic rings. The molecule has 7 heteroatoms. The third kappa shape index (κ3) is 5.02. The van der Waals surface area contributed by atoms with Gasteiger partial charge in [-0.3, -0.25) is 0 Å². The summed E-state index contributed by atoms with van der Waals surface area (Å²) in [6.07, 6.45) is 3.21. The molecule has 0 amide bonds. The molecule has 0 aliphatic carbocycles. The second kappa shape index (κ2) is 7.90. The van der Waals surface area contributed by atoms with Crippen molar-refractivity contribution in [3.63, 3.8) is 0 Å². The van der Waals surface area contributed by atoms with Gasteiger partial charge in [0.25, 0.3) is 0 Å². The molecule has 128 valence electrons. The zero-order chi connectivity index (χ0) is 16.9. The van der Waals surface area contributed by atoms with Crippen molar-refractivity contribution in [1.29, 1.82) is 0 Å². The molecule has 1 aromatic carbocycles. The third-order valence-electron chi connectivity index (χ3n) is 4.00. The van der Waals surface area contributed by atoms with Crippen LogP contribution in [0.4, 0.5) is 0 Å². The highest BCUT2D eigenvalue weighted by Gasteiger charge is 2.20. The van der Waals surface area contributed by atoms with Crippen molar-refractivity contribution >= 4 is 16.0 Å². The zero-order valence-corrected chi connectivity index (χ0v) is 14.4. The summed E-state index contributed by atoms with van der Waals surface area (Å²) in [6.45, 7) is 4.95. The van der Waals surface area contributed by atoms with E-state index in [-0.39, 0.29) is 16.5 Å². The maximum absolute atomic E-state index is 12.4. The van der Waals surface area contributed by atoms with E-state index >= 15 is 0 Å². The molecule has 1 aliphatic rings. The number of esters is 1. The van der Waals surface area contributed by atoms with Crippen LogP contribution in [0.2, 0.25) is 0 Å². The summed E-state index contributed by atoms with van der Waals surface area (Å²) in [5.74, 6) is -0.552. The van der Waals surface area contributed by atoms with Crippen LogP contribution in [0.1, 0.15) is 36.5 Å². The fourth-order valence-electron chi connectivity index (χ4n) is 2.68. The quantitative estimate of drug-likeness (QED) is 0.764. The number of sulfonamides is 1. The SMILES string of the molecule is COC(=O)c1cccc(S(=O)(=O)NC(C)CCN2CCCC2)c1. The van der Waals surface area contributed by atoms with Crippen LogP contribution in [0, 0.1) is 0 Å². The summed E-state index contributed by atoms with van der Waals surface area (Å²) in [7, 11) is -2.38. The maximum Gasteiger partial charge on any atom is 0.337 e. The molecule has 1 aliphatic heterocycles. The average Bonchev–Trinajstić information content (AvgIpc) is 3.05. The molecule has 0 spiro atoms. The highest BCUT2D eigenvalue weighted by atomic mass is 32.2. The van der Waals surface area contributed by atoms with Crippen molar-refractivity contribution in [1.82, 2.24) is 9.62 Å². The zero-order valence-electron chi connectivity index (χ0n) is 13.6. The van der Waals surface area contributed by atoms with Gasteiger partial charge in [-0.1, -0.05) is 6.07 Å². The van der Waals surface area contributed by atoms with Crippen LogP contribution in [0.3, 0.4) is 0 Å². The lowest BCUT2D eigenvalue weighted by atomic mass is 10.2. The molecule has 1 fully saturated rings. The number of ether oxygens (including phenoxy) is 1. The van der Waals surface area contributed by atoms with Crippen molar-refractivity contribution in [3.05, 3.63) is 29.8 Å². The van der Waals surface area contributed by atoms with Crippen molar-refractivity contribution in [3.8, 4) is 0 Å². The molecular weight excluding hydrogens is 316 g/mol. The van der Waals surface area contributed by atoms with Gasteiger partial charge in [-0.25, -0.2) is 17.9 Å². The molecule has 0 radical (unpaired) electrons. The van der Waals surface area contributed by atoms with Gasteiger partial charge in [0.2, 0.25) is 10.0 Å². The number of nitrogens with zero attached hydrogens (tertiary/aromatic N) is 1. The summed E-state index contributed by atoms with van der Waals surface area (Å²) in [5, 5.41) is 0. The normalized spacial score (nSPS) is 17.1. The molecule has 23 heavy (non-hydrogen) atoms. The van der Waals surface area contributed by atoms with Crippen LogP contribution in [0.25, 0.3) is 0 Å². The van der Waals surface area contributed by atoms with E-state index in [1.165, 1.54) is 44.2 Å². The van der Waals surface area contributed by atoms with Crippen LogP contribution >= 0.6 is 0 Å². The van der Waals surface area contributed by atoms with E-state index in [4.69, 9.17) is 0 Å². The van der Waals surface area contributed by atoms with Crippen LogP contribution in [-0.4, -0.2) is 52.1 Å². The highest BCUT2D eigenvalue weighted by molar-refractivity contribution is 7.89. The van der Waals surface area contributed by atoms with Gasteiger partial charge >= 0.3 is 5.97 Å². The molecule has 0 bridgehead atoms. The van der Waals surface area contributed by atoms with Gasteiger partial charge in [0.15, 0.2) is 0 Å². The highest BCUT2D eigenvalue weighted by Crippen LogP contribution is 2.14. The summed E-state index contributed by atoms with van der Waals surface area (Å²) < 4.78 is 32.1. The van der Waals surface area contributed by atoms with Gasteiger partial charge in [0, 0.05) is 6.04 Å². The van der Waals surface area contributed by atoms with Crippen LogP contribution in [0.15, 0.2) is 29.2 Å². The first-order chi connectivity index (χ1) is 10.9. The van der Waals surface area contributed by atoms with Gasteiger partial charge in [0.1, 0.15) is 0 Å². The first-order valence-corrected chi connectivity index (χ1v) is 9.34. The third-order valence-corrected chi connectivity index (χ3v) is 5.59. The van der Waals surface area contributed by atoms with Gasteiger partial charge in [-0.15, -0.1) is 0 Å². The molecule has 6 nitrogen and oxygen atoms in total. The number of carbonyl (C=O) groups is 1. The minimum Gasteiger partial charge on any atom is -0.465 e. The predicted molar refractivity (Wildman–Crippen MR) is 87.9 cm³/mol. The van der Waals surface area contributed by atoms with Crippen molar-refractivity contribution in [2.75, 3.05) is 26.7 Å². The standard InChI is InChI=1S/C16H24N2O4S/c1-13(8-11-18-9-3-4-10-18)17-23(20,21)15-7-5-6-14(12-15)16(19)22-2/h5-7,12-13,17H,3-4,8-11H2,1-2H3. The van der Waals surface area contributed by atoms with Crippen molar-refractivity contribution < 1.29 is 17.9 Å². The number of carbonyl (C=O) groups excluding carboxylic acids is 1. The Morgan fingerprint density at radius 3 is 2.70 bits per heavy atom. The summed E-state index contributed by atoms with van der Waals surface area (Å²) in [6, 6.07) is 5.71. The first-order valence-electron chi connectivity index (χ1n) is 7.85. The molecule has 1 atom stereocenters. The lowest BCUT2D eigenvalue weighted by molar-refractivity contribution is 0.0600. The average molecular weight is 340 g/mol. The Morgan fingerprint density at radius 1 is 1.35 bits per heavy atom. The Kier molecular flexibility index (Phi) is 6.15. The number of rotatable bonds is 7. The van der Waals surface area contributed by atoms with E-state index < -0.39 is 16.0 Å². The van der Waals surface area contributed by atoms with E-state index in [2.05, 4.69) is 14.4 Å². The van der Waals surface area contributed by atoms with Crippen LogP contribution in [-0.2, 0) is 14.8 Å². The molecule has 2 rings (SSSR count). The summed E-state index contributed by atoms with van der Waals surface area (Å²) >= 11 is 0. The fraction of sp³-hybridized carbons (Fsp3) is 0.562. The van der Waals surface area contributed by atoms with Crippen molar-refractivity contribution in [2.24, 2.45) is 0 Å². The molecular formula is C16H24N2O4S. The van der Waals surface area contributed by atoms with E-state index in [0.717, 1.165) is 26.1 Å². The van der Waals surface area contributed by atoms with Gasteiger partial charge < -0.3 is 9.64 Å². The number of hydrogen-bond acceptors (Lipinski definition) is 5. The molecule has 1 saturated heterocycles.